The van der Waals surface area contributed by atoms with E-state index in [0.29, 0.717) is 5.69 Å². The summed E-state index contributed by atoms with van der Waals surface area (Å²) in [6, 6.07) is 7.29. The summed E-state index contributed by atoms with van der Waals surface area (Å²) >= 11 is 3.35. The van der Waals surface area contributed by atoms with E-state index in [9.17, 15) is 14.7 Å². The molecule has 2 bridgehead atoms. The highest BCUT2D eigenvalue weighted by molar-refractivity contribution is 9.10. The van der Waals surface area contributed by atoms with Crippen molar-refractivity contribution in [3.8, 4) is 0 Å². The van der Waals surface area contributed by atoms with Crippen LogP contribution in [0.1, 0.15) is 6.42 Å². The molecule has 0 spiro atoms. The number of carbonyl (C=O) groups excluding carboxylic acids is 1. The average Bonchev–Trinajstić information content (AvgIpc) is 2.98. The Bertz CT molecular complexity index is 599. The molecule has 2 aliphatic carbocycles. The van der Waals surface area contributed by atoms with Crippen LogP contribution in [0.5, 0.6) is 0 Å². The Balaban J connectivity index is 1.80. The third kappa shape index (κ3) is 2.26. The highest BCUT2D eigenvalue weighted by Gasteiger charge is 2.51. The monoisotopic (exact) mass is 335 g/mol. The second kappa shape index (κ2) is 5.05. The minimum absolute atomic E-state index is 0.00393. The molecule has 2 aliphatic rings. The minimum Gasteiger partial charge on any atom is -0.481 e. The molecule has 1 aromatic rings. The molecule has 0 unspecified atom stereocenters. The Kier molecular flexibility index (Phi) is 3.38. The predicted molar refractivity (Wildman–Crippen MR) is 78.1 cm³/mol. The molecule has 20 heavy (non-hydrogen) atoms. The van der Waals surface area contributed by atoms with Crippen LogP contribution < -0.4 is 5.32 Å². The third-order valence-corrected chi connectivity index (χ3v) is 4.63. The smallest absolute Gasteiger partial charge is 0.307 e. The average molecular weight is 336 g/mol. The van der Waals surface area contributed by atoms with E-state index in [1.165, 1.54) is 0 Å². The predicted octanol–water partition coefficient (Wildman–Crippen LogP) is 2.91. The lowest BCUT2D eigenvalue weighted by Gasteiger charge is -2.23. The lowest BCUT2D eigenvalue weighted by molar-refractivity contribution is -0.146. The minimum atomic E-state index is -0.878. The van der Waals surface area contributed by atoms with Crippen molar-refractivity contribution in [1.82, 2.24) is 0 Å². The van der Waals surface area contributed by atoms with E-state index in [0.717, 1.165) is 10.9 Å². The van der Waals surface area contributed by atoms with Crippen LogP contribution in [0, 0.1) is 23.7 Å². The van der Waals surface area contributed by atoms with Gasteiger partial charge in [-0.15, -0.1) is 0 Å². The summed E-state index contributed by atoms with van der Waals surface area (Å²) in [6.45, 7) is 0. The highest BCUT2D eigenvalue weighted by atomic mass is 79.9. The molecule has 1 fully saturated rings. The number of hydrogen-bond acceptors (Lipinski definition) is 2. The number of fused-ring (bicyclic) bond motifs is 2. The number of amides is 1. The Morgan fingerprint density at radius 1 is 1.20 bits per heavy atom. The van der Waals surface area contributed by atoms with Gasteiger partial charge in [-0.3, -0.25) is 9.59 Å². The number of allylic oxidation sites excluding steroid dienone is 2. The van der Waals surface area contributed by atoms with E-state index >= 15 is 0 Å². The van der Waals surface area contributed by atoms with Crippen LogP contribution in [-0.2, 0) is 9.59 Å². The maximum absolute atomic E-state index is 12.4. The molecule has 3 rings (SSSR count). The van der Waals surface area contributed by atoms with Crippen LogP contribution in [-0.4, -0.2) is 17.0 Å². The lowest BCUT2D eigenvalue weighted by Crippen LogP contribution is -2.36. The van der Waals surface area contributed by atoms with Crippen molar-refractivity contribution in [3.63, 3.8) is 0 Å². The number of aliphatic carboxylic acids is 1. The van der Waals surface area contributed by atoms with Crippen LogP contribution in [0.25, 0.3) is 0 Å². The molecule has 2 N–H and O–H groups in total. The van der Waals surface area contributed by atoms with Gasteiger partial charge in [-0.25, -0.2) is 0 Å². The Labute approximate surface area is 125 Å². The van der Waals surface area contributed by atoms with Crippen molar-refractivity contribution in [1.29, 1.82) is 0 Å². The molecule has 0 aliphatic heterocycles. The van der Waals surface area contributed by atoms with Crippen molar-refractivity contribution >= 4 is 33.5 Å². The molecule has 0 saturated heterocycles. The maximum Gasteiger partial charge on any atom is 0.307 e. The van der Waals surface area contributed by atoms with E-state index in [4.69, 9.17) is 0 Å². The van der Waals surface area contributed by atoms with E-state index in [-0.39, 0.29) is 17.7 Å². The highest BCUT2D eigenvalue weighted by Crippen LogP contribution is 2.48. The normalized spacial score (nSPS) is 30.4. The Morgan fingerprint density at radius 2 is 1.90 bits per heavy atom. The third-order valence-electron chi connectivity index (χ3n) is 4.14. The van der Waals surface area contributed by atoms with Gasteiger partial charge < -0.3 is 10.4 Å². The number of carbonyl (C=O) groups is 2. The zero-order valence-corrected chi connectivity index (χ0v) is 12.2. The molecule has 104 valence electrons. The summed E-state index contributed by atoms with van der Waals surface area (Å²) in [5, 5.41) is 12.2. The molecule has 0 heterocycles. The molecular formula is C15H14BrNO3. The molecule has 4 atom stereocenters. The van der Waals surface area contributed by atoms with Crippen molar-refractivity contribution < 1.29 is 14.7 Å². The first-order chi connectivity index (χ1) is 9.56. The first-order valence-electron chi connectivity index (χ1n) is 6.54. The molecular weight excluding hydrogens is 322 g/mol. The lowest BCUT2D eigenvalue weighted by atomic mass is 9.82. The van der Waals surface area contributed by atoms with Gasteiger partial charge in [0.05, 0.1) is 11.8 Å². The largest absolute Gasteiger partial charge is 0.481 e. The van der Waals surface area contributed by atoms with Crippen LogP contribution in [0.2, 0.25) is 0 Å². The summed E-state index contributed by atoms with van der Waals surface area (Å²) in [7, 11) is 0. The van der Waals surface area contributed by atoms with Crippen molar-refractivity contribution in [2.24, 2.45) is 23.7 Å². The fourth-order valence-electron chi connectivity index (χ4n) is 3.31. The number of rotatable bonds is 3. The summed E-state index contributed by atoms with van der Waals surface area (Å²) in [4.78, 5) is 23.8. The molecule has 1 amide bonds. The first-order valence-corrected chi connectivity index (χ1v) is 7.33. The Hall–Kier alpha value is -1.62. The van der Waals surface area contributed by atoms with E-state index < -0.39 is 17.8 Å². The maximum atomic E-state index is 12.4. The number of carboxylic acids is 1. The van der Waals surface area contributed by atoms with E-state index in [1.807, 2.05) is 24.3 Å². The fraction of sp³-hybridized carbons (Fsp3) is 0.333. The number of halogens is 1. The van der Waals surface area contributed by atoms with Crippen LogP contribution in [0.15, 0.2) is 40.9 Å². The molecule has 0 aromatic heterocycles. The van der Waals surface area contributed by atoms with Crippen molar-refractivity contribution in [3.05, 3.63) is 40.9 Å². The number of carboxylic acid groups (broad SMARTS) is 1. The summed E-state index contributed by atoms with van der Waals surface area (Å²) < 4.78 is 0.873. The number of anilines is 1. The quantitative estimate of drug-likeness (QED) is 0.834. The van der Waals surface area contributed by atoms with Gasteiger partial charge in [0.25, 0.3) is 0 Å². The summed E-state index contributed by atoms with van der Waals surface area (Å²) in [6.07, 6.45) is 4.69. The van der Waals surface area contributed by atoms with Gasteiger partial charge in [-0.05, 0) is 36.5 Å². The van der Waals surface area contributed by atoms with Gasteiger partial charge in [-0.2, -0.15) is 0 Å². The number of benzene rings is 1. The van der Waals surface area contributed by atoms with Gasteiger partial charge in [-0.1, -0.05) is 34.1 Å². The summed E-state index contributed by atoms with van der Waals surface area (Å²) in [5.74, 6) is -2.11. The van der Waals surface area contributed by atoms with E-state index in [2.05, 4.69) is 21.2 Å². The second-order valence-electron chi connectivity index (χ2n) is 5.34. The Morgan fingerprint density at radius 3 is 2.55 bits per heavy atom. The summed E-state index contributed by atoms with van der Waals surface area (Å²) in [5.41, 5.74) is 0.681. The van der Waals surface area contributed by atoms with Gasteiger partial charge in [0, 0.05) is 10.2 Å². The molecule has 5 heteroatoms. The number of hydrogen-bond donors (Lipinski definition) is 2. The fourth-order valence-corrected chi connectivity index (χ4v) is 3.71. The van der Waals surface area contributed by atoms with Gasteiger partial charge >= 0.3 is 5.97 Å². The number of nitrogens with one attached hydrogen (secondary N) is 1. The van der Waals surface area contributed by atoms with Crippen LogP contribution >= 0.6 is 15.9 Å². The molecule has 4 nitrogen and oxygen atoms in total. The first kappa shape index (κ1) is 13.4. The van der Waals surface area contributed by atoms with Gasteiger partial charge in [0.1, 0.15) is 0 Å². The standard InChI is InChI=1S/C15H14BrNO3/c16-10-2-1-3-11(7-10)17-14(18)12-8-4-5-9(6-8)13(12)15(19)20/h1-5,7-9,12-13H,6H2,(H,17,18)(H,19,20)/t8-,9-,12-,13-/m0/s1. The SMILES string of the molecule is O=C(O)[C@@H]1[C@@H](C(=O)Nc2cccc(Br)c2)[C@H]2C=C[C@H]1C2. The van der Waals surface area contributed by atoms with Crippen LogP contribution in [0.3, 0.4) is 0 Å². The molecule has 1 saturated carbocycles. The van der Waals surface area contributed by atoms with Gasteiger partial charge in [0.15, 0.2) is 0 Å². The zero-order chi connectivity index (χ0) is 14.3. The topological polar surface area (TPSA) is 66.4 Å². The van der Waals surface area contributed by atoms with Gasteiger partial charge in [0.2, 0.25) is 5.91 Å². The zero-order valence-electron chi connectivity index (χ0n) is 10.6. The van der Waals surface area contributed by atoms with Crippen molar-refractivity contribution in [2.45, 2.75) is 6.42 Å². The molecule has 1 aromatic carbocycles. The molecule has 0 radical (unpaired) electrons. The van der Waals surface area contributed by atoms with Crippen LogP contribution in [0.4, 0.5) is 5.69 Å². The second-order valence-corrected chi connectivity index (χ2v) is 6.25. The van der Waals surface area contributed by atoms with Crippen molar-refractivity contribution in [2.75, 3.05) is 5.32 Å². The van der Waals surface area contributed by atoms with E-state index in [1.54, 1.807) is 12.1 Å².